The van der Waals surface area contributed by atoms with E-state index in [1.807, 2.05) is 6.92 Å². The number of nitrogens with one attached hydrogen (secondary N) is 1. The lowest BCUT2D eigenvalue weighted by Crippen LogP contribution is -2.29. The van der Waals surface area contributed by atoms with Crippen molar-refractivity contribution in [3.05, 3.63) is 6.42 Å². The van der Waals surface area contributed by atoms with Gasteiger partial charge in [0.25, 0.3) is 0 Å². The van der Waals surface area contributed by atoms with Crippen molar-refractivity contribution < 1.29 is 9.53 Å². The van der Waals surface area contributed by atoms with Crippen LogP contribution < -0.4 is 5.32 Å². The smallest absolute Gasteiger partial charge is 0.310 e. The molecule has 3 heteroatoms. The van der Waals surface area contributed by atoms with Crippen molar-refractivity contribution in [2.45, 2.75) is 19.8 Å². The van der Waals surface area contributed by atoms with Crippen molar-refractivity contribution >= 4 is 5.97 Å². The molecule has 1 aliphatic heterocycles. The van der Waals surface area contributed by atoms with E-state index in [-0.39, 0.29) is 5.97 Å². The summed E-state index contributed by atoms with van der Waals surface area (Å²) in [6.07, 6.45) is 3.82. The highest BCUT2D eigenvalue weighted by Crippen LogP contribution is 2.15. The second-order valence-electron chi connectivity index (χ2n) is 3.01. The zero-order chi connectivity index (χ0) is 8.81. The molecule has 1 saturated heterocycles. The molecule has 0 unspecified atom stereocenters. The third-order valence-corrected chi connectivity index (χ3v) is 2.04. The summed E-state index contributed by atoms with van der Waals surface area (Å²) in [6.45, 7) is 4.33. The highest BCUT2D eigenvalue weighted by atomic mass is 16.5. The van der Waals surface area contributed by atoms with Gasteiger partial charge in [-0.05, 0) is 38.8 Å². The summed E-state index contributed by atoms with van der Waals surface area (Å²) in [4.78, 5) is 11.0. The first-order valence-corrected chi connectivity index (χ1v) is 4.55. The average molecular weight is 170 g/mol. The minimum atomic E-state index is -0.163. The molecule has 0 aromatic heterocycles. The fourth-order valence-electron chi connectivity index (χ4n) is 1.39. The van der Waals surface area contributed by atoms with Crippen LogP contribution in [0.25, 0.3) is 0 Å². The molecule has 1 fully saturated rings. The third-order valence-electron chi connectivity index (χ3n) is 2.04. The number of piperidine rings is 1. The minimum Gasteiger partial charge on any atom is -0.466 e. The summed E-state index contributed by atoms with van der Waals surface area (Å²) < 4.78 is 4.83. The molecule has 1 radical (unpaired) electrons. The van der Waals surface area contributed by atoms with Gasteiger partial charge in [0, 0.05) is 0 Å². The predicted molar refractivity (Wildman–Crippen MR) is 46.5 cm³/mol. The number of ether oxygens (including phenoxy) is 1. The summed E-state index contributed by atoms with van der Waals surface area (Å²) >= 11 is 0. The monoisotopic (exact) mass is 170 g/mol. The first kappa shape index (κ1) is 9.52. The Morgan fingerprint density at radius 1 is 1.58 bits per heavy atom. The number of carbonyl (C=O) groups excluding carboxylic acids is 1. The number of hydrogen-bond acceptors (Lipinski definition) is 3. The number of hydrogen-bond donors (Lipinski definition) is 1. The van der Waals surface area contributed by atoms with Crippen molar-refractivity contribution in [1.29, 1.82) is 0 Å². The van der Waals surface area contributed by atoms with E-state index in [0.29, 0.717) is 12.5 Å². The standard InChI is InChI=1S/C9H16NO2/c1-2-12-9(11)7-8-3-5-10-6-4-8/h7-8,10H,2-6H2,1H3. The summed E-state index contributed by atoms with van der Waals surface area (Å²) in [7, 11) is 0. The third kappa shape index (κ3) is 3.22. The van der Waals surface area contributed by atoms with Crippen LogP contribution >= 0.6 is 0 Å². The lowest BCUT2D eigenvalue weighted by atomic mass is 9.95. The zero-order valence-corrected chi connectivity index (χ0v) is 7.51. The summed E-state index contributed by atoms with van der Waals surface area (Å²) in [5.74, 6) is 0.259. The Labute approximate surface area is 73.5 Å². The van der Waals surface area contributed by atoms with Crippen molar-refractivity contribution in [3.8, 4) is 0 Å². The summed E-state index contributed by atoms with van der Waals surface area (Å²) in [6, 6.07) is 0. The molecule has 0 aromatic rings. The van der Waals surface area contributed by atoms with Crippen molar-refractivity contribution in [1.82, 2.24) is 5.32 Å². The number of rotatable bonds is 3. The molecule has 12 heavy (non-hydrogen) atoms. The summed E-state index contributed by atoms with van der Waals surface area (Å²) in [5.41, 5.74) is 0. The maximum Gasteiger partial charge on any atom is 0.310 e. The molecule has 0 atom stereocenters. The second-order valence-corrected chi connectivity index (χ2v) is 3.01. The van der Waals surface area contributed by atoms with Crippen LogP contribution in [0.4, 0.5) is 0 Å². The molecule has 69 valence electrons. The molecule has 0 amide bonds. The zero-order valence-electron chi connectivity index (χ0n) is 7.51. The van der Waals surface area contributed by atoms with Crippen LogP contribution in [0, 0.1) is 12.3 Å². The van der Waals surface area contributed by atoms with E-state index < -0.39 is 0 Å². The minimum absolute atomic E-state index is 0.163. The van der Waals surface area contributed by atoms with Gasteiger partial charge in [0.15, 0.2) is 0 Å². The van der Waals surface area contributed by atoms with E-state index in [0.717, 1.165) is 25.9 Å². The van der Waals surface area contributed by atoms with Gasteiger partial charge < -0.3 is 10.1 Å². The fraction of sp³-hybridized carbons (Fsp3) is 0.778. The molecule has 0 aromatic carbocycles. The molecule has 0 saturated carbocycles. The molecule has 1 aliphatic rings. The Balaban J connectivity index is 2.15. The van der Waals surface area contributed by atoms with Crippen molar-refractivity contribution in [2.75, 3.05) is 19.7 Å². The van der Waals surface area contributed by atoms with Crippen LogP contribution in [0.15, 0.2) is 0 Å². The molecular weight excluding hydrogens is 154 g/mol. The van der Waals surface area contributed by atoms with E-state index in [1.54, 1.807) is 6.42 Å². The van der Waals surface area contributed by atoms with Crippen molar-refractivity contribution in [3.63, 3.8) is 0 Å². The van der Waals surface area contributed by atoms with Gasteiger partial charge >= 0.3 is 5.97 Å². The molecule has 0 spiro atoms. The highest BCUT2D eigenvalue weighted by molar-refractivity contribution is 5.79. The first-order valence-electron chi connectivity index (χ1n) is 4.55. The maximum absolute atomic E-state index is 11.0. The fourth-order valence-corrected chi connectivity index (χ4v) is 1.39. The first-order chi connectivity index (χ1) is 5.83. The van der Waals surface area contributed by atoms with Crippen molar-refractivity contribution in [2.24, 2.45) is 5.92 Å². The molecule has 1 heterocycles. The largest absolute Gasteiger partial charge is 0.466 e. The normalized spacial score (nSPS) is 19.1. The molecular formula is C9H16NO2. The van der Waals surface area contributed by atoms with E-state index in [9.17, 15) is 4.79 Å². The number of carbonyl (C=O) groups is 1. The van der Waals surface area contributed by atoms with Gasteiger partial charge in [-0.15, -0.1) is 0 Å². The summed E-state index contributed by atoms with van der Waals surface area (Å²) in [5, 5.41) is 3.25. The number of esters is 1. The average Bonchev–Trinajstić information content (AvgIpc) is 2.06. The predicted octanol–water partition coefficient (Wildman–Crippen LogP) is 0.753. The van der Waals surface area contributed by atoms with Gasteiger partial charge in [0.05, 0.1) is 13.0 Å². The quantitative estimate of drug-likeness (QED) is 0.635. The molecule has 0 aliphatic carbocycles. The van der Waals surface area contributed by atoms with Gasteiger partial charge in [0.1, 0.15) is 0 Å². The Morgan fingerprint density at radius 3 is 2.83 bits per heavy atom. The molecule has 0 bridgehead atoms. The lowest BCUT2D eigenvalue weighted by Gasteiger charge is -2.20. The van der Waals surface area contributed by atoms with Gasteiger partial charge in [-0.25, -0.2) is 0 Å². The topological polar surface area (TPSA) is 38.3 Å². The molecule has 1 N–H and O–H groups in total. The lowest BCUT2D eigenvalue weighted by molar-refractivity contribution is -0.139. The van der Waals surface area contributed by atoms with Gasteiger partial charge in [-0.3, -0.25) is 4.79 Å². The van der Waals surface area contributed by atoms with Crippen LogP contribution in [0.1, 0.15) is 19.8 Å². The Kier molecular flexibility index (Phi) is 4.08. The SMILES string of the molecule is CCOC(=O)[CH]C1CCNCC1. The van der Waals surface area contributed by atoms with Crippen LogP contribution in [0.5, 0.6) is 0 Å². The van der Waals surface area contributed by atoms with E-state index >= 15 is 0 Å². The van der Waals surface area contributed by atoms with Crippen LogP contribution in [0.2, 0.25) is 0 Å². The van der Waals surface area contributed by atoms with Gasteiger partial charge in [-0.1, -0.05) is 0 Å². The molecule has 3 nitrogen and oxygen atoms in total. The highest BCUT2D eigenvalue weighted by Gasteiger charge is 2.17. The Bertz CT molecular complexity index is 141. The van der Waals surface area contributed by atoms with Crippen LogP contribution in [0.3, 0.4) is 0 Å². The molecule has 1 rings (SSSR count). The van der Waals surface area contributed by atoms with Crippen LogP contribution in [-0.4, -0.2) is 25.7 Å². The second kappa shape index (κ2) is 5.14. The Hall–Kier alpha value is -0.570. The van der Waals surface area contributed by atoms with Gasteiger partial charge in [-0.2, -0.15) is 0 Å². The van der Waals surface area contributed by atoms with Gasteiger partial charge in [0.2, 0.25) is 0 Å². The van der Waals surface area contributed by atoms with Crippen LogP contribution in [-0.2, 0) is 9.53 Å². The van der Waals surface area contributed by atoms with E-state index in [2.05, 4.69) is 5.32 Å². The maximum atomic E-state index is 11.0. The Morgan fingerprint density at radius 2 is 2.25 bits per heavy atom. The van der Waals surface area contributed by atoms with E-state index in [1.165, 1.54) is 0 Å². The van der Waals surface area contributed by atoms with E-state index in [4.69, 9.17) is 4.74 Å².